The van der Waals surface area contributed by atoms with Crippen LogP contribution in [0.25, 0.3) is 0 Å². The Morgan fingerprint density at radius 1 is 1.04 bits per heavy atom. The highest BCUT2D eigenvalue weighted by molar-refractivity contribution is 7.99. The van der Waals surface area contributed by atoms with Gasteiger partial charge < -0.3 is 15.2 Å². The normalized spacial score (nSPS) is 19.3. The van der Waals surface area contributed by atoms with Crippen molar-refractivity contribution in [3.05, 3.63) is 59.9 Å². The second kappa shape index (κ2) is 8.33. The van der Waals surface area contributed by atoms with Gasteiger partial charge in [0, 0.05) is 16.3 Å². The van der Waals surface area contributed by atoms with Gasteiger partial charge >= 0.3 is 5.97 Å². The summed E-state index contributed by atoms with van der Waals surface area (Å²) in [7, 11) is 0. The highest BCUT2D eigenvalue weighted by Crippen LogP contribution is 2.27. The molecule has 2 atom stereocenters. The smallest absolute Gasteiger partial charge is 0.332 e. The molecule has 2 aromatic carbocycles. The number of aliphatic carboxylic acids is 1. The number of carbonyl (C=O) groups excluding carboxylic acids is 1. The van der Waals surface area contributed by atoms with E-state index >= 15 is 0 Å². The molecule has 0 aromatic heterocycles. The first-order valence-electron chi connectivity index (χ1n) is 8.19. The largest absolute Gasteiger partial charge is 0.479 e. The van der Waals surface area contributed by atoms with Crippen LogP contribution < -0.4 is 5.32 Å². The fraction of sp³-hybridized carbons (Fsp3) is 0.263. The van der Waals surface area contributed by atoms with Gasteiger partial charge in [-0.05, 0) is 54.8 Å². The number of nitrogens with one attached hydrogen (secondary N) is 1. The summed E-state index contributed by atoms with van der Waals surface area (Å²) in [6.07, 6.45) is -0.836. The Morgan fingerprint density at radius 2 is 1.62 bits per heavy atom. The molecule has 136 valence electrons. The Hall–Kier alpha value is -2.38. The van der Waals surface area contributed by atoms with E-state index in [4.69, 9.17) is 9.84 Å². The van der Waals surface area contributed by atoms with Gasteiger partial charge in [0.25, 0.3) is 0 Å². The maximum Gasteiger partial charge on any atom is 0.332 e. The Labute approximate surface area is 154 Å². The van der Waals surface area contributed by atoms with Crippen LogP contribution in [-0.2, 0) is 20.9 Å². The maximum atomic E-state index is 12.9. The SMILES string of the molecule is O=C(NCc1ccc(Sc2ccc(F)cc2)cc1)[C@@H]1CC[C@H](C(=O)O)O1. The van der Waals surface area contributed by atoms with Gasteiger partial charge in [-0.3, -0.25) is 4.79 Å². The van der Waals surface area contributed by atoms with E-state index in [1.165, 1.54) is 23.9 Å². The molecule has 1 aliphatic heterocycles. The molecular formula is C19H18FNO4S. The molecule has 26 heavy (non-hydrogen) atoms. The van der Waals surface area contributed by atoms with Gasteiger partial charge in [-0.1, -0.05) is 23.9 Å². The molecule has 1 heterocycles. The van der Waals surface area contributed by atoms with E-state index < -0.39 is 18.2 Å². The van der Waals surface area contributed by atoms with Crippen LogP contribution in [0.3, 0.4) is 0 Å². The van der Waals surface area contributed by atoms with Crippen LogP contribution >= 0.6 is 11.8 Å². The maximum absolute atomic E-state index is 12.9. The zero-order valence-corrected chi connectivity index (χ0v) is 14.7. The number of carboxylic acid groups (broad SMARTS) is 1. The first-order chi connectivity index (χ1) is 12.5. The Bertz CT molecular complexity index is 779. The summed E-state index contributed by atoms with van der Waals surface area (Å²) in [4.78, 5) is 24.9. The Balaban J connectivity index is 1.49. The van der Waals surface area contributed by atoms with Gasteiger partial charge in [-0.2, -0.15) is 0 Å². The van der Waals surface area contributed by atoms with Gasteiger partial charge in [-0.25, -0.2) is 9.18 Å². The van der Waals surface area contributed by atoms with Gasteiger partial charge in [0.15, 0.2) is 6.10 Å². The predicted octanol–water partition coefficient (Wildman–Crippen LogP) is 3.23. The zero-order chi connectivity index (χ0) is 18.5. The van der Waals surface area contributed by atoms with Crippen LogP contribution in [-0.4, -0.2) is 29.2 Å². The number of hydrogen-bond donors (Lipinski definition) is 2. The van der Waals surface area contributed by atoms with Crippen LogP contribution in [0.15, 0.2) is 58.3 Å². The minimum absolute atomic E-state index is 0.263. The monoisotopic (exact) mass is 375 g/mol. The number of hydrogen-bond acceptors (Lipinski definition) is 4. The third kappa shape index (κ3) is 4.83. The number of benzene rings is 2. The van der Waals surface area contributed by atoms with Crippen molar-refractivity contribution in [3.8, 4) is 0 Å². The minimum Gasteiger partial charge on any atom is -0.479 e. The summed E-state index contributed by atoms with van der Waals surface area (Å²) in [5.74, 6) is -1.59. The molecule has 1 fully saturated rings. The summed E-state index contributed by atoms with van der Waals surface area (Å²) < 4.78 is 18.1. The van der Waals surface area contributed by atoms with E-state index in [1.54, 1.807) is 12.1 Å². The van der Waals surface area contributed by atoms with Crippen molar-refractivity contribution in [1.82, 2.24) is 5.32 Å². The summed E-state index contributed by atoms with van der Waals surface area (Å²) in [6, 6.07) is 14.0. The van der Waals surface area contributed by atoms with Crippen LogP contribution in [0.5, 0.6) is 0 Å². The number of carboxylic acids is 1. The molecule has 0 bridgehead atoms. The van der Waals surface area contributed by atoms with Crippen molar-refractivity contribution in [3.63, 3.8) is 0 Å². The van der Waals surface area contributed by atoms with Gasteiger partial charge in [0.1, 0.15) is 11.9 Å². The first kappa shape index (κ1) is 18.4. The lowest BCUT2D eigenvalue weighted by Crippen LogP contribution is -2.35. The van der Waals surface area contributed by atoms with E-state index in [9.17, 15) is 14.0 Å². The van der Waals surface area contributed by atoms with Gasteiger partial charge in [-0.15, -0.1) is 0 Å². The van der Waals surface area contributed by atoms with E-state index in [2.05, 4.69) is 5.32 Å². The third-order valence-corrected chi connectivity index (χ3v) is 5.04. The number of rotatable bonds is 6. The molecule has 7 heteroatoms. The molecule has 0 spiro atoms. The van der Waals surface area contributed by atoms with Crippen molar-refractivity contribution in [2.24, 2.45) is 0 Å². The van der Waals surface area contributed by atoms with Gasteiger partial charge in [0.2, 0.25) is 5.91 Å². The topological polar surface area (TPSA) is 75.6 Å². The Morgan fingerprint density at radius 3 is 2.19 bits per heavy atom. The minimum atomic E-state index is -1.03. The summed E-state index contributed by atoms with van der Waals surface area (Å²) in [6.45, 7) is 0.345. The molecule has 0 saturated carbocycles. The molecule has 0 aliphatic carbocycles. The van der Waals surface area contributed by atoms with Crippen LogP contribution in [0.2, 0.25) is 0 Å². The van der Waals surface area contributed by atoms with E-state index in [1.807, 2.05) is 24.3 Å². The lowest BCUT2D eigenvalue weighted by Gasteiger charge is -2.12. The molecule has 3 rings (SSSR count). The molecule has 1 saturated heterocycles. The summed E-state index contributed by atoms with van der Waals surface area (Å²) in [5, 5.41) is 11.7. The average molecular weight is 375 g/mol. The number of amides is 1. The molecule has 0 unspecified atom stereocenters. The fourth-order valence-corrected chi connectivity index (χ4v) is 3.45. The van der Waals surface area contributed by atoms with E-state index in [0.29, 0.717) is 19.4 Å². The molecular weight excluding hydrogens is 357 g/mol. The molecule has 1 amide bonds. The van der Waals surface area contributed by atoms with Gasteiger partial charge in [0.05, 0.1) is 0 Å². The van der Waals surface area contributed by atoms with E-state index in [-0.39, 0.29) is 11.7 Å². The van der Waals surface area contributed by atoms with E-state index in [0.717, 1.165) is 15.4 Å². The third-order valence-electron chi connectivity index (χ3n) is 4.03. The second-order valence-corrected chi connectivity index (χ2v) is 7.09. The lowest BCUT2D eigenvalue weighted by atomic mass is 10.2. The lowest BCUT2D eigenvalue weighted by molar-refractivity contribution is -0.151. The molecule has 0 radical (unpaired) electrons. The van der Waals surface area contributed by atoms with Crippen molar-refractivity contribution in [1.29, 1.82) is 0 Å². The molecule has 1 aliphatic rings. The summed E-state index contributed by atoms with van der Waals surface area (Å²) in [5.41, 5.74) is 0.926. The number of carbonyl (C=O) groups is 2. The van der Waals surface area contributed by atoms with Crippen molar-refractivity contribution < 1.29 is 23.8 Å². The highest BCUT2D eigenvalue weighted by atomic mass is 32.2. The highest BCUT2D eigenvalue weighted by Gasteiger charge is 2.34. The molecule has 2 N–H and O–H groups in total. The number of ether oxygens (including phenoxy) is 1. The molecule has 5 nitrogen and oxygen atoms in total. The van der Waals surface area contributed by atoms with Crippen molar-refractivity contribution in [2.45, 2.75) is 41.4 Å². The zero-order valence-electron chi connectivity index (χ0n) is 13.9. The second-order valence-electron chi connectivity index (χ2n) is 5.95. The average Bonchev–Trinajstić information content (AvgIpc) is 3.13. The fourth-order valence-electron chi connectivity index (χ4n) is 2.63. The van der Waals surface area contributed by atoms with Crippen molar-refractivity contribution in [2.75, 3.05) is 0 Å². The van der Waals surface area contributed by atoms with Crippen LogP contribution in [0.1, 0.15) is 18.4 Å². The standard InChI is InChI=1S/C19H18FNO4S/c20-13-3-7-15(8-4-13)26-14-5-1-12(2-6-14)11-21-18(22)16-9-10-17(25-16)19(23)24/h1-8,16-17H,9-11H2,(H,21,22)(H,23,24)/t16-,17+/m0/s1. The molecule has 2 aromatic rings. The Kier molecular flexibility index (Phi) is 5.90. The predicted molar refractivity (Wildman–Crippen MR) is 94.3 cm³/mol. The van der Waals surface area contributed by atoms with Crippen LogP contribution in [0, 0.1) is 5.82 Å². The first-order valence-corrected chi connectivity index (χ1v) is 9.01. The summed E-state index contributed by atoms with van der Waals surface area (Å²) >= 11 is 1.52. The van der Waals surface area contributed by atoms with Crippen molar-refractivity contribution >= 4 is 23.6 Å². The quantitative estimate of drug-likeness (QED) is 0.811. The number of halogens is 1. The van der Waals surface area contributed by atoms with Crippen LogP contribution in [0.4, 0.5) is 4.39 Å².